The molecule has 0 unspecified atom stereocenters. The van der Waals surface area contributed by atoms with E-state index in [-0.39, 0.29) is 28.4 Å². The first kappa shape index (κ1) is 24.2. The summed E-state index contributed by atoms with van der Waals surface area (Å²) in [6.07, 6.45) is 0.464. The average molecular weight is 487 g/mol. The summed E-state index contributed by atoms with van der Waals surface area (Å²) < 4.78 is 29.8. The Balaban J connectivity index is 1.80. The predicted molar refractivity (Wildman–Crippen MR) is 118 cm³/mol. The lowest BCUT2D eigenvalue weighted by molar-refractivity contribution is -0.384. The molecule has 0 bridgehead atoms. The van der Waals surface area contributed by atoms with Crippen LogP contribution in [-0.4, -0.2) is 54.2 Å². The van der Waals surface area contributed by atoms with Crippen LogP contribution in [0.5, 0.6) is 5.75 Å². The summed E-state index contributed by atoms with van der Waals surface area (Å²) in [5, 5.41) is 10.7. The summed E-state index contributed by atoms with van der Waals surface area (Å²) in [6.45, 7) is 1.81. The van der Waals surface area contributed by atoms with Gasteiger partial charge in [-0.3, -0.25) is 24.6 Å². The third-order valence-electron chi connectivity index (χ3n) is 4.44. The first-order chi connectivity index (χ1) is 16.0. The number of nitro groups is 1. The zero-order chi connectivity index (χ0) is 25.0. The molecule has 0 atom stereocenters. The first-order valence-electron chi connectivity index (χ1n) is 9.66. The van der Waals surface area contributed by atoms with Gasteiger partial charge in [0, 0.05) is 24.2 Å². The van der Waals surface area contributed by atoms with Crippen molar-refractivity contribution in [1.82, 2.24) is 4.90 Å². The number of rotatable bonds is 7. The second-order valence-corrected chi connectivity index (χ2v) is 8.36. The van der Waals surface area contributed by atoms with Crippen molar-refractivity contribution in [1.29, 1.82) is 0 Å². The highest BCUT2D eigenvalue weighted by Gasteiger charge is 2.33. The largest absolute Gasteiger partial charge is 0.382 e. The Hall–Kier alpha value is -4.46. The van der Waals surface area contributed by atoms with E-state index in [4.69, 9.17) is 9.92 Å². The quantitative estimate of drug-likeness (QED) is 0.343. The smallest absolute Gasteiger partial charge is 0.352 e. The second-order valence-electron chi connectivity index (χ2n) is 6.81. The topological polar surface area (TPSA) is 192 Å². The molecule has 34 heavy (non-hydrogen) atoms. The van der Waals surface area contributed by atoms with E-state index < -0.39 is 44.4 Å². The van der Waals surface area contributed by atoms with Crippen LogP contribution < -0.4 is 9.92 Å². The highest BCUT2D eigenvalue weighted by atomic mass is 32.2. The number of carbonyl (C=O) groups excluding carboxylic acids is 3. The molecule has 1 aliphatic heterocycles. The zero-order valence-corrected chi connectivity index (χ0v) is 18.4. The van der Waals surface area contributed by atoms with E-state index in [1.165, 1.54) is 0 Å². The van der Waals surface area contributed by atoms with Crippen LogP contribution in [0.4, 0.5) is 10.5 Å². The van der Waals surface area contributed by atoms with Gasteiger partial charge in [0.1, 0.15) is 10.6 Å². The summed E-state index contributed by atoms with van der Waals surface area (Å²) in [4.78, 5) is 54.5. The van der Waals surface area contributed by atoms with Gasteiger partial charge in [-0.25, -0.2) is 4.79 Å². The maximum absolute atomic E-state index is 12.5. The van der Waals surface area contributed by atoms with Gasteiger partial charge < -0.3 is 9.92 Å². The third-order valence-corrected chi connectivity index (χ3v) is 5.70. The SMILES string of the molecule is CCCN1C(=O)N=C(N)C(=NC(=O)c2ccc(S(=O)(=O)Oc3ccc([N+](=O)[O-])cc3)cc2)C1=O. The van der Waals surface area contributed by atoms with Crippen LogP contribution in [-0.2, 0) is 14.9 Å². The Labute approximate surface area is 192 Å². The van der Waals surface area contributed by atoms with Crippen molar-refractivity contribution < 1.29 is 31.9 Å². The Morgan fingerprint density at radius 2 is 1.76 bits per heavy atom. The Morgan fingerprint density at radius 3 is 2.32 bits per heavy atom. The average Bonchev–Trinajstić information content (AvgIpc) is 2.79. The van der Waals surface area contributed by atoms with Crippen LogP contribution in [0.2, 0.25) is 0 Å². The fourth-order valence-corrected chi connectivity index (χ4v) is 3.73. The zero-order valence-electron chi connectivity index (χ0n) is 17.6. The molecule has 4 amide bonds. The van der Waals surface area contributed by atoms with Gasteiger partial charge in [-0.05, 0) is 42.8 Å². The maximum Gasteiger partial charge on any atom is 0.352 e. The highest BCUT2D eigenvalue weighted by molar-refractivity contribution is 7.87. The summed E-state index contributed by atoms with van der Waals surface area (Å²) in [6, 6.07) is 8.04. The molecule has 0 fully saturated rings. The summed E-state index contributed by atoms with van der Waals surface area (Å²) in [5.74, 6) is -2.41. The Morgan fingerprint density at radius 1 is 1.15 bits per heavy atom. The summed E-state index contributed by atoms with van der Waals surface area (Å²) in [7, 11) is -4.31. The van der Waals surface area contributed by atoms with Gasteiger partial charge in [0.15, 0.2) is 11.5 Å². The summed E-state index contributed by atoms with van der Waals surface area (Å²) >= 11 is 0. The van der Waals surface area contributed by atoms with E-state index in [0.717, 1.165) is 53.4 Å². The van der Waals surface area contributed by atoms with Crippen molar-refractivity contribution in [2.45, 2.75) is 18.2 Å². The minimum atomic E-state index is -4.31. The number of aliphatic imine (C=N–C) groups is 2. The van der Waals surface area contributed by atoms with Crippen molar-refractivity contribution in [3.05, 3.63) is 64.2 Å². The number of urea groups is 1. The molecule has 2 N–H and O–H groups in total. The van der Waals surface area contributed by atoms with Gasteiger partial charge in [0.2, 0.25) is 0 Å². The molecule has 0 saturated carbocycles. The van der Waals surface area contributed by atoms with Crippen LogP contribution in [0, 0.1) is 10.1 Å². The van der Waals surface area contributed by atoms with Gasteiger partial charge in [-0.1, -0.05) is 6.92 Å². The van der Waals surface area contributed by atoms with Crippen LogP contribution in [0.1, 0.15) is 23.7 Å². The van der Waals surface area contributed by atoms with Crippen molar-refractivity contribution in [3.8, 4) is 5.75 Å². The van der Waals surface area contributed by atoms with Crippen LogP contribution in [0.15, 0.2) is 63.4 Å². The standard InChI is InChI=1S/C20H17N5O8S/c1-2-11-24-19(27)16(17(21)23-20(24)28)22-18(26)12-3-9-15(10-4-12)34(31,32)33-14-7-5-13(6-8-14)25(29)30/h3-10H,2,11H2,1H3,(H2,21,23,28). The van der Waals surface area contributed by atoms with Gasteiger partial charge in [0.05, 0.1) is 4.92 Å². The number of amides is 4. The van der Waals surface area contributed by atoms with E-state index in [1.807, 2.05) is 0 Å². The molecule has 0 saturated heterocycles. The minimum absolute atomic E-state index is 0.0682. The number of carbonyl (C=O) groups is 3. The number of non-ortho nitro benzene ring substituents is 1. The molecule has 2 aromatic rings. The molecule has 1 heterocycles. The fourth-order valence-electron chi connectivity index (χ4n) is 2.79. The van der Waals surface area contributed by atoms with Crippen molar-refractivity contribution >= 4 is 45.2 Å². The monoisotopic (exact) mass is 487 g/mol. The Bertz CT molecular complexity index is 1330. The molecule has 176 valence electrons. The van der Waals surface area contributed by atoms with E-state index in [9.17, 15) is 32.9 Å². The van der Waals surface area contributed by atoms with E-state index in [1.54, 1.807) is 6.92 Å². The minimum Gasteiger partial charge on any atom is -0.382 e. The number of nitrogens with two attached hydrogens (primary N) is 1. The number of imide groups is 1. The van der Waals surface area contributed by atoms with Crippen molar-refractivity contribution in [2.75, 3.05) is 6.54 Å². The summed E-state index contributed by atoms with van der Waals surface area (Å²) in [5.41, 5.74) is 4.80. The number of hydrogen-bond acceptors (Lipinski definition) is 9. The lowest BCUT2D eigenvalue weighted by atomic mass is 10.2. The highest BCUT2D eigenvalue weighted by Crippen LogP contribution is 2.22. The molecule has 3 rings (SSSR count). The van der Waals surface area contributed by atoms with E-state index in [0.29, 0.717) is 6.42 Å². The van der Waals surface area contributed by atoms with Crippen LogP contribution >= 0.6 is 0 Å². The van der Waals surface area contributed by atoms with Crippen molar-refractivity contribution in [3.63, 3.8) is 0 Å². The van der Waals surface area contributed by atoms with Gasteiger partial charge in [-0.15, -0.1) is 0 Å². The lowest BCUT2D eigenvalue weighted by Gasteiger charge is -2.22. The normalized spacial score (nSPS) is 15.3. The number of benzene rings is 2. The van der Waals surface area contributed by atoms with E-state index in [2.05, 4.69) is 9.98 Å². The molecule has 0 spiro atoms. The van der Waals surface area contributed by atoms with Crippen LogP contribution in [0.25, 0.3) is 0 Å². The molecule has 2 aromatic carbocycles. The molecule has 14 heteroatoms. The Kier molecular flexibility index (Phi) is 6.81. The van der Waals surface area contributed by atoms with Gasteiger partial charge in [-0.2, -0.15) is 18.4 Å². The molecular formula is C20H17N5O8S. The maximum atomic E-state index is 12.5. The number of nitro benzene ring substituents is 1. The molecular weight excluding hydrogens is 470 g/mol. The van der Waals surface area contributed by atoms with Crippen LogP contribution in [0.3, 0.4) is 0 Å². The predicted octanol–water partition coefficient (Wildman–Crippen LogP) is 1.67. The van der Waals surface area contributed by atoms with Gasteiger partial charge in [0.25, 0.3) is 17.5 Å². The van der Waals surface area contributed by atoms with Crippen molar-refractivity contribution in [2.24, 2.45) is 15.7 Å². The molecule has 13 nitrogen and oxygen atoms in total. The number of hydrogen-bond donors (Lipinski definition) is 1. The molecule has 0 radical (unpaired) electrons. The lowest BCUT2D eigenvalue weighted by Crippen LogP contribution is -2.50. The van der Waals surface area contributed by atoms with E-state index >= 15 is 0 Å². The third kappa shape index (κ3) is 5.12. The fraction of sp³-hybridized carbons (Fsp3) is 0.150. The number of nitrogens with zero attached hydrogens (tertiary/aromatic N) is 4. The first-order valence-corrected chi connectivity index (χ1v) is 11.1. The van der Waals surface area contributed by atoms with Gasteiger partial charge >= 0.3 is 16.1 Å². The number of amidine groups is 1. The second kappa shape index (κ2) is 9.58. The molecule has 1 aliphatic rings. The molecule has 0 aromatic heterocycles. The molecule has 0 aliphatic carbocycles.